The number of halogens is 1. The fraction of sp³-hybridized carbons (Fsp3) is 0.571. The van der Waals surface area contributed by atoms with Gasteiger partial charge in [-0.05, 0) is 51.0 Å². The Kier molecular flexibility index (Phi) is 7.32. The molecule has 1 atom stereocenters. The van der Waals surface area contributed by atoms with E-state index in [1.54, 1.807) is 0 Å². The molecule has 1 aromatic carbocycles. The average molecular weight is 270 g/mol. The molecular formula is C14H23FN2S. The molecule has 0 amide bonds. The molecule has 0 aliphatic carbocycles. The summed E-state index contributed by atoms with van der Waals surface area (Å²) in [4.78, 5) is 2.34. The first kappa shape index (κ1) is 15.5. The summed E-state index contributed by atoms with van der Waals surface area (Å²) in [6.07, 6.45) is 3.16. The summed E-state index contributed by atoms with van der Waals surface area (Å²) in [5.74, 6) is 0.989. The van der Waals surface area contributed by atoms with E-state index in [9.17, 15) is 4.39 Å². The summed E-state index contributed by atoms with van der Waals surface area (Å²) < 4.78 is 12.9. The molecule has 0 heterocycles. The molecule has 0 saturated heterocycles. The number of hydrogen-bond acceptors (Lipinski definition) is 3. The first-order valence-corrected chi connectivity index (χ1v) is 7.67. The lowest BCUT2D eigenvalue weighted by atomic mass is 10.0. The van der Waals surface area contributed by atoms with Crippen LogP contribution < -0.4 is 5.32 Å². The second-order valence-corrected chi connectivity index (χ2v) is 5.46. The van der Waals surface area contributed by atoms with Crippen molar-refractivity contribution >= 4 is 11.8 Å². The molecule has 0 aliphatic heterocycles. The molecule has 0 aliphatic rings. The van der Waals surface area contributed by atoms with Gasteiger partial charge >= 0.3 is 0 Å². The van der Waals surface area contributed by atoms with Crippen molar-refractivity contribution in [3.63, 3.8) is 0 Å². The van der Waals surface area contributed by atoms with Crippen molar-refractivity contribution in [3.05, 3.63) is 35.6 Å². The van der Waals surface area contributed by atoms with Gasteiger partial charge in [-0.3, -0.25) is 0 Å². The quantitative estimate of drug-likeness (QED) is 0.782. The molecule has 1 aromatic rings. The molecule has 0 radical (unpaired) electrons. The van der Waals surface area contributed by atoms with Crippen LogP contribution in [0.2, 0.25) is 0 Å². The Balaban J connectivity index is 2.44. The predicted molar refractivity (Wildman–Crippen MR) is 78.7 cm³/mol. The zero-order valence-corrected chi connectivity index (χ0v) is 12.3. The lowest BCUT2D eigenvalue weighted by Gasteiger charge is -2.21. The minimum absolute atomic E-state index is 0.175. The Morgan fingerprint density at radius 1 is 1.28 bits per heavy atom. The van der Waals surface area contributed by atoms with Crippen LogP contribution in [0.3, 0.4) is 0 Å². The number of thioether (sulfide) groups is 1. The molecule has 18 heavy (non-hydrogen) atoms. The van der Waals surface area contributed by atoms with Crippen LogP contribution in [0.25, 0.3) is 0 Å². The van der Waals surface area contributed by atoms with Crippen LogP contribution in [0, 0.1) is 5.82 Å². The van der Waals surface area contributed by atoms with E-state index >= 15 is 0 Å². The van der Waals surface area contributed by atoms with Crippen LogP contribution >= 0.6 is 11.8 Å². The summed E-state index contributed by atoms with van der Waals surface area (Å²) in [7, 11) is 4.10. The second kappa shape index (κ2) is 8.51. The smallest absolute Gasteiger partial charge is 0.123 e. The number of nitrogens with one attached hydrogen (secondary N) is 1. The van der Waals surface area contributed by atoms with Gasteiger partial charge in [-0.2, -0.15) is 11.8 Å². The van der Waals surface area contributed by atoms with E-state index in [2.05, 4.69) is 23.5 Å². The SMILES string of the molecule is CNC(CCN(C)CCSC)c1ccc(F)cc1. The van der Waals surface area contributed by atoms with Crippen molar-refractivity contribution in [1.29, 1.82) is 0 Å². The molecule has 0 aromatic heterocycles. The number of hydrogen-bond donors (Lipinski definition) is 1. The summed E-state index contributed by atoms with van der Waals surface area (Å²) >= 11 is 1.87. The van der Waals surface area contributed by atoms with Crippen molar-refractivity contribution in [2.24, 2.45) is 0 Å². The highest BCUT2D eigenvalue weighted by Crippen LogP contribution is 2.17. The maximum atomic E-state index is 12.9. The van der Waals surface area contributed by atoms with Crippen molar-refractivity contribution in [2.75, 3.05) is 39.2 Å². The van der Waals surface area contributed by atoms with Gasteiger partial charge in [0.1, 0.15) is 5.82 Å². The molecular weight excluding hydrogens is 247 g/mol. The van der Waals surface area contributed by atoms with Crippen LogP contribution in [0.15, 0.2) is 24.3 Å². The van der Waals surface area contributed by atoms with Gasteiger partial charge in [-0.1, -0.05) is 12.1 Å². The first-order valence-electron chi connectivity index (χ1n) is 6.27. The highest BCUT2D eigenvalue weighted by atomic mass is 32.2. The largest absolute Gasteiger partial charge is 0.313 e. The molecule has 102 valence electrons. The van der Waals surface area contributed by atoms with Crippen molar-refractivity contribution in [1.82, 2.24) is 10.2 Å². The Morgan fingerprint density at radius 2 is 1.94 bits per heavy atom. The Labute approximate surface area is 114 Å². The maximum Gasteiger partial charge on any atom is 0.123 e. The van der Waals surface area contributed by atoms with Gasteiger partial charge in [-0.15, -0.1) is 0 Å². The summed E-state index contributed by atoms with van der Waals surface area (Å²) in [6, 6.07) is 7.06. The predicted octanol–water partition coefficient (Wildman–Crippen LogP) is 2.77. The van der Waals surface area contributed by atoms with Gasteiger partial charge in [-0.25, -0.2) is 4.39 Å². The molecule has 1 rings (SSSR count). The van der Waals surface area contributed by atoms with E-state index in [-0.39, 0.29) is 5.82 Å². The summed E-state index contributed by atoms with van der Waals surface area (Å²) in [6.45, 7) is 2.16. The topological polar surface area (TPSA) is 15.3 Å². The molecule has 0 spiro atoms. The monoisotopic (exact) mass is 270 g/mol. The fourth-order valence-corrected chi connectivity index (χ4v) is 2.38. The molecule has 0 fully saturated rings. The van der Waals surface area contributed by atoms with E-state index in [0.29, 0.717) is 6.04 Å². The van der Waals surface area contributed by atoms with Gasteiger partial charge in [0.25, 0.3) is 0 Å². The van der Waals surface area contributed by atoms with Crippen LogP contribution in [0.5, 0.6) is 0 Å². The van der Waals surface area contributed by atoms with Crippen molar-refractivity contribution < 1.29 is 4.39 Å². The molecule has 2 nitrogen and oxygen atoms in total. The van der Waals surface area contributed by atoms with Gasteiger partial charge < -0.3 is 10.2 Å². The van der Waals surface area contributed by atoms with Gasteiger partial charge in [0.2, 0.25) is 0 Å². The van der Waals surface area contributed by atoms with Crippen molar-refractivity contribution in [2.45, 2.75) is 12.5 Å². The van der Waals surface area contributed by atoms with E-state index in [4.69, 9.17) is 0 Å². The standard InChI is InChI=1S/C14H23FN2S/c1-16-14(8-9-17(2)10-11-18-3)12-4-6-13(15)7-5-12/h4-7,14,16H,8-11H2,1-3H3. The number of benzene rings is 1. The third-order valence-corrected chi connectivity index (χ3v) is 3.69. The highest BCUT2D eigenvalue weighted by Gasteiger charge is 2.10. The average Bonchev–Trinajstić information content (AvgIpc) is 2.39. The number of nitrogens with zero attached hydrogens (tertiary/aromatic N) is 1. The normalized spacial score (nSPS) is 12.9. The number of rotatable bonds is 8. The maximum absolute atomic E-state index is 12.9. The van der Waals surface area contributed by atoms with E-state index < -0.39 is 0 Å². The van der Waals surface area contributed by atoms with Gasteiger partial charge in [0, 0.05) is 18.3 Å². The zero-order valence-electron chi connectivity index (χ0n) is 11.4. The van der Waals surface area contributed by atoms with Gasteiger partial charge in [0.05, 0.1) is 0 Å². The highest BCUT2D eigenvalue weighted by molar-refractivity contribution is 7.98. The lowest BCUT2D eigenvalue weighted by molar-refractivity contribution is 0.328. The molecule has 1 N–H and O–H groups in total. The second-order valence-electron chi connectivity index (χ2n) is 4.48. The summed E-state index contributed by atoms with van der Waals surface area (Å²) in [5, 5.41) is 3.29. The lowest BCUT2D eigenvalue weighted by Crippen LogP contribution is -2.27. The van der Waals surface area contributed by atoms with Gasteiger partial charge in [0.15, 0.2) is 0 Å². The third kappa shape index (κ3) is 5.38. The van der Waals surface area contributed by atoms with Crippen LogP contribution in [0.4, 0.5) is 4.39 Å². The fourth-order valence-electron chi connectivity index (χ4n) is 1.88. The minimum Gasteiger partial charge on any atom is -0.313 e. The zero-order chi connectivity index (χ0) is 13.4. The van der Waals surface area contributed by atoms with Crippen LogP contribution in [-0.4, -0.2) is 44.1 Å². The first-order chi connectivity index (χ1) is 8.67. The Morgan fingerprint density at radius 3 is 2.50 bits per heavy atom. The van der Waals surface area contributed by atoms with E-state index in [0.717, 1.165) is 30.8 Å². The molecule has 0 bridgehead atoms. The molecule has 1 unspecified atom stereocenters. The summed E-state index contributed by atoms with van der Waals surface area (Å²) in [5.41, 5.74) is 1.15. The third-order valence-electron chi connectivity index (χ3n) is 3.10. The van der Waals surface area contributed by atoms with Crippen molar-refractivity contribution in [3.8, 4) is 0 Å². The molecule has 0 saturated carbocycles. The Bertz CT molecular complexity index is 329. The van der Waals surface area contributed by atoms with E-state index in [1.807, 2.05) is 30.9 Å². The molecule has 4 heteroatoms. The van der Waals surface area contributed by atoms with E-state index in [1.165, 1.54) is 12.1 Å². The Hall–Kier alpha value is -0.580. The minimum atomic E-state index is -0.175. The van der Waals surface area contributed by atoms with Crippen LogP contribution in [0.1, 0.15) is 18.0 Å². The van der Waals surface area contributed by atoms with Crippen LogP contribution in [-0.2, 0) is 0 Å².